The van der Waals surface area contributed by atoms with E-state index in [4.69, 9.17) is 4.42 Å². The molecule has 0 aliphatic rings. The van der Waals surface area contributed by atoms with Gasteiger partial charge in [0, 0.05) is 33.2 Å². The van der Waals surface area contributed by atoms with Crippen molar-refractivity contribution in [3.63, 3.8) is 0 Å². The first-order valence-electron chi connectivity index (χ1n) is 8.11. The van der Waals surface area contributed by atoms with E-state index in [9.17, 15) is 17.4 Å². The molecule has 0 fully saturated rings. The largest absolute Gasteiger partial charge is 0.420 e. The first-order valence-corrected chi connectivity index (χ1v) is 9.66. The van der Waals surface area contributed by atoms with Crippen molar-refractivity contribution in [2.24, 2.45) is 0 Å². The highest BCUT2D eigenvalue weighted by atomic mass is 32.2. The number of imidazole rings is 1. The zero-order valence-corrected chi connectivity index (χ0v) is 15.3. The Labute approximate surface area is 159 Å². The molecule has 2 heterocycles. The van der Waals surface area contributed by atoms with Gasteiger partial charge in [-0.3, -0.25) is 8.78 Å². The van der Waals surface area contributed by atoms with E-state index >= 15 is 0 Å². The summed E-state index contributed by atoms with van der Waals surface area (Å²) in [7, 11) is -1.08. The van der Waals surface area contributed by atoms with Gasteiger partial charge in [-0.1, -0.05) is 0 Å². The summed E-state index contributed by atoms with van der Waals surface area (Å²) in [4.78, 5) is 5.03. The van der Waals surface area contributed by atoms with Gasteiger partial charge in [0.05, 0.1) is 11.0 Å². The predicted octanol–water partition coefficient (Wildman–Crippen LogP) is 3.92. The molecule has 0 saturated heterocycles. The van der Waals surface area contributed by atoms with Gasteiger partial charge in [0.2, 0.25) is 11.8 Å². The first-order chi connectivity index (χ1) is 13.3. The normalized spacial score (nSPS) is 13.1. The van der Waals surface area contributed by atoms with Crippen LogP contribution in [0, 0.1) is 0 Å². The van der Waals surface area contributed by atoms with Crippen LogP contribution in [-0.2, 0) is 17.2 Å². The Morgan fingerprint density at radius 1 is 1.11 bits per heavy atom. The van der Waals surface area contributed by atoms with Crippen LogP contribution in [-0.4, -0.2) is 36.4 Å². The summed E-state index contributed by atoms with van der Waals surface area (Å²) < 4.78 is 56.0. The topological polar surface area (TPSA) is 73.8 Å². The molecule has 1 atom stereocenters. The highest BCUT2D eigenvalue weighted by Crippen LogP contribution is 2.27. The smallest absolute Gasteiger partial charge is 0.397 e. The summed E-state index contributed by atoms with van der Waals surface area (Å²) >= 11 is 0. The Hall–Kier alpha value is -3.01. The molecule has 0 saturated carbocycles. The Morgan fingerprint density at radius 2 is 1.86 bits per heavy atom. The Morgan fingerprint density at radius 3 is 2.54 bits per heavy atom. The molecule has 10 heteroatoms. The second-order valence-electron chi connectivity index (χ2n) is 6.06. The van der Waals surface area contributed by atoms with Gasteiger partial charge in [-0.2, -0.15) is 13.2 Å². The van der Waals surface area contributed by atoms with Crippen LogP contribution >= 0.6 is 0 Å². The molecule has 0 amide bonds. The highest BCUT2D eigenvalue weighted by molar-refractivity contribution is 7.84. The number of benzene rings is 2. The molecular weight excluding hydrogens is 393 g/mol. The van der Waals surface area contributed by atoms with Crippen molar-refractivity contribution in [3.05, 3.63) is 54.7 Å². The average molecular weight is 406 g/mol. The van der Waals surface area contributed by atoms with Crippen molar-refractivity contribution in [3.8, 4) is 17.1 Å². The zero-order valence-electron chi connectivity index (χ0n) is 14.5. The Bertz CT molecular complexity index is 1170. The van der Waals surface area contributed by atoms with Crippen LogP contribution in [0.15, 0.2) is 58.1 Å². The average Bonchev–Trinajstić information content (AvgIpc) is 3.26. The molecule has 1 unspecified atom stereocenters. The van der Waals surface area contributed by atoms with Crippen LogP contribution < -0.4 is 0 Å². The lowest BCUT2D eigenvalue weighted by Gasteiger charge is -2.06. The van der Waals surface area contributed by atoms with E-state index in [1.165, 1.54) is 0 Å². The van der Waals surface area contributed by atoms with Crippen molar-refractivity contribution in [2.45, 2.75) is 17.5 Å². The number of fused-ring (bicyclic) bond motifs is 1. The molecule has 0 N–H and O–H groups in total. The number of aromatic nitrogens is 4. The molecular formula is C18H13F3N4O2S. The summed E-state index contributed by atoms with van der Waals surface area (Å²) in [5.41, 5.74) is 2.71. The predicted molar refractivity (Wildman–Crippen MR) is 96.5 cm³/mol. The summed E-state index contributed by atoms with van der Waals surface area (Å²) in [6.45, 7) is 0. The first kappa shape index (κ1) is 18.4. The minimum Gasteiger partial charge on any atom is -0.420 e. The SMILES string of the molecule is CS(=O)c1ccc(-n2cnc3ccc(-c4nnc(CC(F)(F)F)o4)cc32)cc1. The quantitative estimate of drug-likeness (QED) is 0.514. The van der Waals surface area contributed by atoms with E-state index in [-0.39, 0.29) is 5.89 Å². The van der Waals surface area contributed by atoms with Gasteiger partial charge in [-0.05, 0) is 42.5 Å². The standard InChI is InChI=1S/C18H13F3N4O2S/c1-28(26)13-5-3-12(4-6-13)25-10-22-14-7-2-11(8-15(14)25)17-24-23-16(27-17)9-18(19,20)21/h2-8,10H,9H2,1H3. The molecule has 6 nitrogen and oxygen atoms in total. The number of nitrogens with zero attached hydrogens (tertiary/aromatic N) is 4. The van der Waals surface area contributed by atoms with Gasteiger partial charge in [0.1, 0.15) is 12.7 Å². The van der Waals surface area contributed by atoms with Crippen molar-refractivity contribution in [1.82, 2.24) is 19.7 Å². The molecule has 2 aromatic heterocycles. The van der Waals surface area contributed by atoms with E-state index in [0.29, 0.717) is 16.0 Å². The molecule has 4 rings (SSSR count). The maximum atomic E-state index is 12.5. The van der Waals surface area contributed by atoms with Gasteiger partial charge < -0.3 is 4.42 Å². The zero-order chi connectivity index (χ0) is 19.9. The van der Waals surface area contributed by atoms with Crippen molar-refractivity contribution < 1.29 is 21.8 Å². The van der Waals surface area contributed by atoms with E-state index in [1.807, 2.05) is 16.7 Å². The lowest BCUT2D eigenvalue weighted by Crippen LogP contribution is -2.11. The fourth-order valence-electron chi connectivity index (χ4n) is 2.76. The summed E-state index contributed by atoms with van der Waals surface area (Å²) in [6.07, 6.45) is -2.45. The van der Waals surface area contributed by atoms with E-state index in [0.717, 1.165) is 11.2 Å². The van der Waals surface area contributed by atoms with Crippen LogP contribution in [0.25, 0.3) is 28.2 Å². The van der Waals surface area contributed by atoms with Crippen molar-refractivity contribution >= 4 is 21.8 Å². The molecule has 0 aliphatic heterocycles. The molecule has 0 aliphatic carbocycles. The maximum absolute atomic E-state index is 12.5. The third-order valence-corrected chi connectivity index (χ3v) is 5.00. The Balaban J connectivity index is 1.71. The Kier molecular flexibility index (Phi) is 4.50. The van der Waals surface area contributed by atoms with E-state index in [1.54, 1.807) is 42.9 Å². The molecule has 4 aromatic rings. The molecule has 0 spiro atoms. The summed E-state index contributed by atoms with van der Waals surface area (Å²) in [6, 6.07) is 12.3. The minimum absolute atomic E-state index is 0.00521. The number of hydrogen-bond donors (Lipinski definition) is 0. The molecule has 28 heavy (non-hydrogen) atoms. The number of halogens is 3. The molecule has 0 radical (unpaired) electrons. The van der Waals surface area contributed by atoms with Crippen LogP contribution in [0.2, 0.25) is 0 Å². The second kappa shape index (κ2) is 6.86. The third-order valence-electron chi connectivity index (χ3n) is 4.06. The van der Waals surface area contributed by atoms with Crippen LogP contribution in [0.3, 0.4) is 0 Å². The van der Waals surface area contributed by atoms with Gasteiger partial charge >= 0.3 is 6.18 Å². The van der Waals surface area contributed by atoms with E-state index in [2.05, 4.69) is 15.2 Å². The van der Waals surface area contributed by atoms with Gasteiger partial charge in [0.15, 0.2) is 0 Å². The summed E-state index contributed by atoms with van der Waals surface area (Å²) in [5, 5.41) is 7.18. The van der Waals surface area contributed by atoms with Gasteiger partial charge in [-0.15, -0.1) is 10.2 Å². The molecule has 2 aromatic carbocycles. The minimum atomic E-state index is -4.42. The highest BCUT2D eigenvalue weighted by Gasteiger charge is 2.31. The monoisotopic (exact) mass is 406 g/mol. The van der Waals surface area contributed by atoms with E-state index < -0.39 is 29.3 Å². The lowest BCUT2D eigenvalue weighted by atomic mass is 10.2. The molecule has 144 valence electrons. The van der Waals surface area contributed by atoms with Crippen LogP contribution in [0.1, 0.15) is 5.89 Å². The lowest BCUT2D eigenvalue weighted by molar-refractivity contribution is -0.130. The number of rotatable bonds is 4. The van der Waals surface area contributed by atoms with Crippen LogP contribution in [0.4, 0.5) is 13.2 Å². The fraction of sp³-hybridized carbons (Fsp3) is 0.167. The maximum Gasteiger partial charge on any atom is 0.397 e. The van der Waals surface area contributed by atoms with Crippen molar-refractivity contribution in [2.75, 3.05) is 6.26 Å². The third kappa shape index (κ3) is 3.68. The number of alkyl halides is 3. The fourth-order valence-corrected chi connectivity index (χ4v) is 3.28. The second-order valence-corrected chi connectivity index (χ2v) is 7.44. The molecule has 0 bridgehead atoms. The van der Waals surface area contributed by atoms with Gasteiger partial charge in [0.25, 0.3) is 0 Å². The summed E-state index contributed by atoms with van der Waals surface area (Å²) in [5.74, 6) is -0.482. The van der Waals surface area contributed by atoms with Crippen LogP contribution in [0.5, 0.6) is 0 Å². The van der Waals surface area contributed by atoms with Gasteiger partial charge in [-0.25, -0.2) is 4.98 Å². The van der Waals surface area contributed by atoms with Crippen molar-refractivity contribution in [1.29, 1.82) is 0 Å². The number of hydrogen-bond acceptors (Lipinski definition) is 5.